The maximum absolute atomic E-state index is 12.9. The molecule has 3 aromatic rings. The number of hydrogen-bond donors (Lipinski definition) is 3. The van der Waals surface area contributed by atoms with Crippen LogP contribution in [0.25, 0.3) is 10.8 Å². The summed E-state index contributed by atoms with van der Waals surface area (Å²) in [4.78, 5) is 25.7. The Kier molecular flexibility index (Phi) is 4.75. The van der Waals surface area contributed by atoms with Gasteiger partial charge in [0.05, 0.1) is 0 Å². The monoisotopic (exact) mass is 409 g/mol. The van der Waals surface area contributed by atoms with E-state index < -0.39 is 23.7 Å². The summed E-state index contributed by atoms with van der Waals surface area (Å²) in [7, 11) is 0. The Balaban J connectivity index is 1.97. The lowest BCUT2D eigenvalue weighted by molar-refractivity contribution is -0.132. The van der Waals surface area contributed by atoms with Gasteiger partial charge in [0, 0.05) is 16.6 Å². The van der Waals surface area contributed by atoms with Crippen molar-refractivity contribution in [1.29, 1.82) is 0 Å². The number of nitrogens with one attached hydrogen (secondary N) is 2. The average Bonchev–Trinajstić information content (AvgIpc) is 2.66. The predicted octanol–water partition coefficient (Wildman–Crippen LogP) is 3.55. The third kappa shape index (κ3) is 3.21. The maximum atomic E-state index is 12.9. The highest BCUT2D eigenvalue weighted by molar-refractivity contribution is 7.80. The number of halogens is 1. The normalized spacial score (nSPS) is 18.2. The molecule has 0 saturated carbocycles. The van der Waals surface area contributed by atoms with Gasteiger partial charge in [-0.05, 0) is 52.3 Å². The van der Waals surface area contributed by atoms with E-state index in [9.17, 15) is 9.59 Å². The van der Waals surface area contributed by atoms with Gasteiger partial charge in [0.25, 0.3) is 0 Å². The Morgan fingerprint density at radius 2 is 1.79 bits per heavy atom. The summed E-state index contributed by atoms with van der Waals surface area (Å²) < 4.78 is 0. The molecule has 4 N–H and O–H groups in total. The number of carbonyl (C=O) groups is 2. The van der Waals surface area contributed by atoms with E-state index in [1.165, 1.54) is 0 Å². The molecule has 5 nitrogen and oxygen atoms in total. The van der Waals surface area contributed by atoms with Crippen LogP contribution in [0.4, 0.5) is 5.69 Å². The van der Waals surface area contributed by atoms with Crippen LogP contribution in [0.5, 0.6) is 0 Å². The van der Waals surface area contributed by atoms with Crippen molar-refractivity contribution in [2.45, 2.75) is 5.92 Å². The second kappa shape index (κ2) is 7.22. The summed E-state index contributed by atoms with van der Waals surface area (Å²) in [5.41, 5.74) is 7.85. The van der Waals surface area contributed by atoms with Crippen LogP contribution in [0, 0.1) is 5.92 Å². The molecule has 0 saturated heterocycles. The van der Waals surface area contributed by atoms with Gasteiger partial charge in [-0.3, -0.25) is 9.59 Å². The molecule has 1 heterocycles. The van der Waals surface area contributed by atoms with Crippen molar-refractivity contribution < 1.29 is 9.59 Å². The first-order valence-electron chi connectivity index (χ1n) is 8.64. The Labute approximate surface area is 171 Å². The van der Waals surface area contributed by atoms with Crippen molar-refractivity contribution in [2.24, 2.45) is 11.7 Å². The molecule has 1 aliphatic heterocycles. The molecule has 3 aromatic carbocycles. The largest absolute Gasteiger partial charge is 0.376 e. The van der Waals surface area contributed by atoms with Gasteiger partial charge in [0.2, 0.25) is 11.8 Å². The minimum atomic E-state index is -1.03. The highest BCUT2D eigenvalue weighted by atomic mass is 35.5. The first-order chi connectivity index (χ1) is 13.5. The molecular weight excluding hydrogens is 394 g/mol. The molecular formula is C21H16ClN3O2S. The number of thiocarbonyl (C=S) groups is 1. The summed E-state index contributed by atoms with van der Waals surface area (Å²) in [5.74, 6) is -2.48. The van der Waals surface area contributed by atoms with Gasteiger partial charge in [-0.1, -0.05) is 54.1 Å². The maximum Gasteiger partial charge on any atom is 0.239 e. The van der Waals surface area contributed by atoms with E-state index in [2.05, 4.69) is 10.6 Å². The Bertz CT molecular complexity index is 1110. The van der Waals surface area contributed by atoms with E-state index in [0.717, 1.165) is 21.9 Å². The summed E-state index contributed by atoms with van der Waals surface area (Å²) in [6.45, 7) is 0. The molecule has 0 aliphatic carbocycles. The number of fused-ring (bicyclic) bond motifs is 3. The Hall–Kier alpha value is -2.96. The number of anilines is 1. The minimum Gasteiger partial charge on any atom is -0.376 e. The predicted molar refractivity (Wildman–Crippen MR) is 114 cm³/mol. The highest BCUT2D eigenvalue weighted by Crippen LogP contribution is 2.44. The average molecular weight is 410 g/mol. The van der Waals surface area contributed by atoms with Crippen molar-refractivity contribution in [3.05, 3.63) is 76.8 Å². The summed E-state index contributed by atoms with van der Waals surface area (Å²) in [6.07, 6.45) is 0. The third-order valence-electron chi connectivity index (χ3n) is 4.91. The lowest BCUT2D eigenvalue weighted by Crippen LogP contribution is -2.47. The van der Waals surface area contributed by atoms with Crippen LogP contribution in [0.2, 0.25) is 5.02 Å². The van der Waals surface area contributed by atoms with Crippen LogP contribution >= 0.6 is 23.8 Å². The molecule has 2 atom stereocenters. The molecule has 28 heavy (non-hydrogen) atoms. The standard InChI is InChI=1S/C21H16ClN3O2S/c22-13-8-5-12(6-9-13)16-17-14-4-2-1-3-11(14)7-10-15(17)24-19(26)18(16)20(27)25-21(23)28/h1-10,16,18H,(H,24,26)(H3,23,25,27,28). The fourth-order valence-corrected chi connectivity index (χ4v) is 3.99. The van der Waals surface area contributed by atoms with Gasteiger partial charge in [-0.15, -0.1) is 0 Å². The number of carbonyl (C=O) groups excluding carboxylic acids is 2. The van der Waals surface area contributed by atoms with E-state index >= 15 is 0 Å². The van der Waals surface area contributed by atoms with E-state index in [4.69, 9.17) is 29.6 Å². The third-order valence-corrected chi connectivity index (χ3v) is 5.27. The fourth-order valence-electron chi connectivity index (χ4n) is 3.77. The Morgan fingerprint density at radius 1 is 1.07 bits per heavy atom. The molecule has 2 unspecified atom stereocenters. The van der Waals surface area contributed by atoms with Gasteiger partial charge >= 0.3 is 0 Å². The molecule has 0 fully saturated rings. The van der Waals surface area contributed by atoms with E-state index in [0.29, 0.717) is 10.7 Å². The second-order valence-electron chi connectivity index (χ2n) is 6.60. The zero-order valence-corrected chi connectivity index (χ0v) is 16.2. The molecule has 4 rings (SSSR count). The van der Waals surface area contributed by atoms with Crippen LogP contribution in [0.1, 0.15) is 17.0 Å². The molecule has 0 radical (unpaired) electrons. The van der Waals surface area contributed by atoms with Crippen LogP contribution in [0.15, 0.2) is 60.7 Å². The lowest BCUT2D eigenvalue weighted by Gasteiger charge is -2.33. The number of amides is 2. The van der Waals surface area contributed by atoms with Crippen LogP contribution in [0.3, 0.4) is 0 Å². The van der Waals surface area contributed by atoms with Crippen molar-refractivity contribution in [2.75, 3.05) is 5.32 Å². The Morgan fingerprint density at radius 3 is 2.50 bits per heavy atom. The van der Waals surface area contributed by atoms with Crippen molar-refractivity contribution >= 4 is 57.2 Å². The number of benzene rings is 3. The lowest BCUT2D eigenvalue weighted by atomic mass is 9.75. The van der Waals surface area contributed by atoms with E-state index in [1.807, 2.05) is 48.5 Å². The van der Waals surface area contributed by atoms with Crippen LogP contribution in [-0.4, -0.2) is 16.9 Å². The highest BCUT2D eigenvalue weighted by Gasteiger charge is 2.42. The van der Waals surface area contributed by atoms with E-state index in [1.54, 1.807) is 12.1 Å². The van der Waals surface area contributed by atoms with Gasteiger partial charge in [0.1, 0.15) is 5.92 Å². The molecule has 0 aromatic heterocycles. The van der Waals surface area contributed by atoms with Gasteiger partial charge in [0.15, 0.2) is 5.11 Å². The number of hydrogen-bond acceptors (Lipinski definition) is 3. The number of rotatable bonds is 2. The molecule has 7 heteroatoms. The molecule has 140 valence electrons. The first-order valence-corrected chi connectivity index (χ1v) is 9.42. The van der Waals surface area contributed by atoms with Crippen LogP contribution in [-0.2, 0) is 9.59 Å². The van der Waals surface area contributed by atoms with E-state index in [-0.39, 0.29) is 5.11 Å². The van der Waals surface area contributed by atoms with Crippen molar-refractivity contribution in [1.82, 2.24) is 5.32 Å². The zero-order valence-electron chi connectivity index (χ0n) is 14.6. The number of nitrogens with two attached hydrogens (primary N) is 1. The SMILES string of the molecule is NC(=S)NC(=O)C1C(=O)Nc2ccc3ccccc3c2C1c1ccc(Cl)cc1. The minimum absolute atomic E-state index is 0.170. The van der Waals surface area contributed by atoms with Gasteiger partial charge < -0.3 is 16.4 Å². The van der Waals surface area contributed by atoms with Gasteiger partial charge in [-0.2, -0.15) is 0 Å². The smallest absolute Gasteiger partial charge is 0.239 e. The molecule has 0 bridgehead atoms. The fraction of sp³-hybridized carbons (Fsp3) is 0.0952. The topological polar surface area (TPSA) is 84.2 Å². The zero-order chi connectivity index (χ0) is 19.8. The van der Waals surface area contributed by atoms with Crippen molar-refractivity contribution in [3.8, 4) is 0 Å². The molecule has 0 spiro atoms. The molecule has 2 amide bonds. The quantitative estimate of drug-likeness (QED) is 0.446. The molecule has 1 aliphatic rings. The van der Waals surface area contributed by atoms with Gasteiger partial charge in [-0.25, -0.2) is 0 Å². The summed E-state index contributed by atoms with van der Waals surface area (Å²) >= 11 is 10.9. The summed E-state index contributed by atoms with van der Waals surface area (Å²) in [5, 5.41) is 7.66. The van der Waals surface area contributed by atoms with Crippen LogP contribution < -0.4 is 16.4 Å². The second-order valence-corrected chi connectivity index (χ2v) is 7.47. The van der Waals surface area contributed by atoms with Crippen molar-refractivity contribution in [3.63, 3.8) is 0 Å². The first kappa shape index (κ1) is 18.4. The summed E-state index contributed by atoms with van der Waals surface area (Å²) in [6, 6.07) is 18.8.